The van der Waals surface area contributed by atoms with Crippen LogP contribution in [-0.2, 0) is 11.0 Å². The average molecular weight is 255 g/mol. The van der Waals surface area contributed by atoms with Gasteiger partial charge in [0.05, 0.1) is 12.4 Å². The highest BCUT2D eigenvalue weighted by molar-refractivity contribution is 6.74. The Bertz CT molecular complexity index is 330. The Morgan fingerprint density at radius 3 is 2.47 bits per heavy atom. The third-order valence-corrected chi connectivity index (χ3v) is 8.04. The summed E-state index contributed by atoms with van der Waals surface area (Å²) in [7, 11) is -1.74. The summed E-state index contributed by atoms with van der Waals surface area (Å²) in [6, 6.07) is 0. The molecular formula is C12H25N3OSi. The van der Waals surface area contributed by atoms with Crippen molar-refractivity contribution in [3.05, 3.63) is 18.7 Å². The lowest BCUT2D eigenvalue weighted by Gasteiger charge is -2.39. The van der Waals surface area contributed by atoms with Gasteiger partial charge in [-0.15, -0.1) is 0 Å². The number of nitrogens with two attached hydrogens (primary N) is 1. The summed E-state index contributed by atoms with van der Waals surface area (Å²) < 4.78 is 8.31. The van der Waals surface area contributed by atoms with Crippen LogP contribution in [0.2, 0.25) is 18.1 Å². The van der Waals surface area contributed by atoms with Gasteiger partial charge < -0.3 is 14.7 Å². The van der Waals surface area contributed by atoms with E-state index in [-0.39, 0.29) is 11.1 Å². The lowest BCUT2D eigenvalue weighted by molar-refractivity contribution is 0.168. The normalized spacial score (nSPS) is 14.9. The van der Waals surface area contributed by atoms with Crippen molar-refractivity contribution < 1.29 is 4.43 Å². The molecule has 0 amide bonds. The van der Waals surface area contributed by atoms with E-state index in [1.54, 1.807) is 12.5 Å². The first-order valence-electron chi connectivity index (χ1n) is 6.10. The summed E-state index contributed by atoms with van der Waals surface area (Å²) in [4.78, 5) is 4.03. The topological polar surface area (TPSA) is 53.1 Å². The van der Waals surface area contributed by atoms with Crippen LogP contribution in [0.1, 0.15) is 20.8 Å². The van der Waals surface area contributed by atoms with Crippen LogP contribution in [0.3, 0.4) is 0 Å². The van der Waals surface area contributed by atoms with Gasteiger partial charge in [0.25, 0.3) is 0 Å². The molecule has 1 rings (SSSR count). The van der Waals surface area contributed by atoms with E-state index in [1.807, 2.05) is 10.8 Å². The standard InChI is InChI=1S/C12H25N3OSi/c1-12(2,3)17(4,5)16-11(8-13)9-15-7-6-14-10-15/h6-7,10-11H,8-9,13H2,1-5H3. The van der Waals surface area contributed by atoms with Crippen LogP contribution in [0.4, 0.5) is 0 Å². The molecule has 0 aliphatic rings. The minimum Gasteiger partial charge on any atom is -0.411 e. The molecule has 98 valence electrons. The minimum atomic E-state index is -1.74. The average Bonchev–Trinajstić information content (AvgIpc) is 2.67. The fourth-order valence-corrected chi connectivity index (χ4v) is 2.74. The predicted molar refractivity (Wildman–Crippen MR) is 73.4 cm³/mol. The summed E-state index contributed by atoms with van der Waals surface area (Å²) in [5.74, 6) is 0. The van der Waals surface area contributed by atoms with Crippen LogP contribution in [0.25, 0.3) is 0 Å². The third-order valence-electron chi connectivity index (χ3n) is 3.50. The molecule has 1 aromatic heterocycles. The molecule has 0 radical (unpaired) electrons. The fourth-order valence-electron chi connectivity index (χ4n) is 1.38. The summed E-state index contributed by atoms with van der Waals surface area (Å²) in [5.41, 5.74) is 5.80. The number of hydrogen-bond donors (Lipinski definition) is 1. The molecule has 0 spiro atoms. The van der Waals surface area contributed by atoms with Gasteiger partial charge >= 0.3 is 0 Å². The largest absolute Gasteiger partial charge is 0.411 e. The molecule has 0 aromatic carbocycles. The summed E-state index contributed by atoms with van der Waals surface area (Å²) in [5, 5.41) is 0.218. The molecule has 0 saturated heterocycles. The molecule has 0 aliphatic carbocycles. The molecule has 5 heteroatoms. The summed E-state index contributed by atoms with van der Waals surface area (Å²) >= 11 is 0. The third kappa shape index (κ3) is 3.94. The van der Waals surface area contributed by atoms with Gasteiger partial charge in [0.15, 0.2) is 8.32 Å². The van der Waals surface area contributed by atoms with Gasteiger partial charge in [0, 0.05) is 25.5 Å². The van der Waals surface area contributed by atoms with Crippen molar-refractivity contribution in [2.75, 3.05) is 6.54 Å². The molecule has 1 aromatic rings. The van der Waals surface area contributed by atoms with Gasteiger partial charge in [-0.25, -0.2) is 4.98 Å². The summed E-state index contributed by atoms with van der Waals surface area (Å²) in [6.07, 6.45) is 5.60. The number of nitrogens with zero attached hydrogens (tertiary/aromatic N) is 2. The summed E-state index contributed by atoms with van der Waals surface area (Å²) in [6.45, 7) is 12.6. The SMILES string of the molecule is CC(C)(C)[Si](C)(C)OC(CN)Cn1ccnc1. The van der Waals surface area contributed by atoms with Crippen LogP contribution < -0.4 is 5.73 Å². The Kier molecular flexibility index (Phi) is 4.52. The van der Waals surface area contributed by atoms with E-state index in [4.69, 9.17) is 10.2 Å². The van der Waals surface area contributed by atoms with E-state index in [1.165, 1.54) is 0 Å². The van der Waals surface area contributed by atoms with E-state index in [2.05, 4.69) is 38.8 Å². The van der Waals surface area contributed by atoms with Crippen molar-refractivity contribution in [1.29, 1.82) is 0 Å². The van der Waals surface area contributed by atoms with Crippen molar-refractivity contribution in [2.24, 2.45) is 5.73 Å². The number of aromatic nitrogens is 2. The van der Waals surface area contributed by atoms with Gasteiger partial charge in [0.1, 0.15) is 0 Å². The Hall–Kier alpha value is -0.653. The number of hydrogen-bond acceptors (Lipinski definition) is 3. The van der Waals surface area contributed by atoms with Crippen molar-refractivity contribution in [1.82, 2.24) is 9.55 Å². The maximum Gasteiger partial charge on any atom is 0.192 e. The molecule has 0 aliphatic heterocycles. The van der Waals surface area contributed by atoms with E-state index >= 15 is 0 Å². The Morgan fingerprint density at radius 2 is 2.06 bits per heavy atom. The number of imidazole rings is 1. The molecule has 2 N–H and O–H groups in total. The Labute approximate surface area is 105 Å². The van der Waals surface area contributed by atoms with Crippen LogP contribution in [0, 0.1) is 0 Å². The first-order chi connectivity index (χ1) is 7.76. The molecule has 1 heterocycles. The zero-order valence-corrected chi connectivity index (χ0v) is 12.6. The first-order valence-corrected chi connectivity index (χ1v) is 9.01. The van der Waals surface area contributed by atoms with Gasteiger partial charge in [-0.2, -0.15) is 0 Å². The molecular weight excluding hydrogens is 230 g/mol. The quantitative estimate of drug-likeness (QED) is 0.821. The molecule has 4 nitrogen and oxygen atoms in total. The lowest BCUT2D eigenvalue weighted by atomic mass is 10.2. The minimum absolute atomic E-state index is 0.0742. The van der Waals surface area contributed by atoms with Gasteiger partial charge in [-0.1, -0.05) is 20.8 Å². The molecule has 0 saturated carbocycles. The van der Waals surface area contributed by atoms with Crippen molar-refractivity contribution in [3.8, 4) is 0 Å². The van der Waals surface area contributed by atoms with E-state index in [0.717, 1.165) is 6.54 Å². The van der Waals surface area contributed by atoms with Crippen molar-refractivity contribution in [3.63, 3.8) is 0 Å². The second-order valence-corrected chi connectivity index (χ2v) is 10.8. The Balaban J connectivity index is 2.64. The molecule has 0 bridgehead atoms. The van der Waals surface area contributed by atoms with Gasteiger partial charge in [0.2, 0.25) is 0 Å². The van der Waals surface area contributed by atoms with Crippen molar-refractivity contribution >= 4 is 8.32 Å². The molecule has 0 fully saturated rings. The first kappa shape index (κ1) is 14.4. The molecule has 17 heavy (non-hydrogen) atoms. The van der Waals surface area contributed by atoms with E-state index in [9.17, 15) is 0 Å². The van der Waals surface area contributed by atoms with Gasteiger partial charge in [-0.3, -0.25) is 0 Å². The van der Waals surface area contributed by atoms with Crippen LogP contribution in [0.15, 0.2) is 18.7 Å². The predicted octanol–water partition coefficient (Wildman–Crippen LogP) is 2.23. The Morgan fingerprint density at radius 1 is 1.41 bits per heavy atom. The highest BCUT2D eigenvalue weighted by Crippen LogP contribution is 2.37. The maximum absolute atomic E-state index is 6.29. The molecule has 1 atom stereocenters. The zero-order chi connectivity index (χ0) is 13.1. The van der Waals surface area contributed by atoms with Crippen molar-refractivity contribution in [2.45, 2.75) is 51.6 Å². The highest BCUT2D eigenvalue weighted by Gasteiger charge is 2.38. The lowest BCUT2D eigenvalue weighted by Crippen LogP contribution is -2.46. The van der Waals surface area contributed by atoms with Crippen LogP contribution in [-0.4, -0.2) is 30.5 Å². The van der Waals surface area contributed by atoms with Crippen LogP contribution in [0.5, 0.6) is 0 Å². The van der Waals surface area contributed by atoms with E-state index < -0.39 is 8.32 Å². The second-order valence-electron chi connectivity index (χ2n) is 6.00. The highest BCUT2D eigenvalue weighted by atomic mass is 28.4. The maximum atomic E-state index is 6.29. The monoisotopic (exact) mass is 255 g/mol. The van der Waals surface area contributed by atoms with E-state index in [0.29, 0.717) is 6.54 Å². The zero-order valence-electron chi connectivity index (χ0n) is 11.6. The fraction of sp³-hybridized carbons (Fsp3) is 0.750. The number of rotatable bonds is 5. The van der Waals surface area contributed by atoms with Crippen LogP contribution >= 0.6 is 0 Å². The second kappa shape index (κ2) is 5.33. The molecule has 1 unspecified atom stereocenters. The van der Waals surface area contributed by atoms with Gasteiger partial charge in [-0.05, 0) is 18.1 Å². The smallest absolute Gasteiger partial charge is 0.192 e.